The van der Waals surface area contributed by atoms with Crippen molar-refractivity contribution in [2.75, 3.05) is 0 Å². The SMILES string of the molecule is C[C@H](c1ccccc1)N([C@H](C)c1ccccc1)P1OC(c2ccccc2)(c2ccccc2)[C@@H]2OC(C)(C)O[C@H]2C(c2ccccc2)(c2ccccc2)O1. The molecular formula is C47H46NO4P. The van der Waals surface area contributed by atoms with E-state index in [-0.39, 0.29) is 12.1 Å². The predicted octanol–water partition coefficient (Wildman–Crippen LogP) is 11.5. The van der Waals surface area contributed by atoms with Crippen molar-refractivity contribution in [3.8, 4) is 0 Å². The highest BCUT2D eigenvalue weighted by Gasteiger charge is 2.67. The third-order valence-corrected chi connectivity index (χ3v) is 12.7. The first kappa shape index (κ1) is 35.6. The van der Waals surface area contributed by atoms with E-state index in [0.29, 0.717) is 0 Å². The van der Waals surface area contributed by atoms with Gasteiger partial charge in [-0.2, -0.15) is 0 Å². The van der Waals surface area contributed by atoms with Crippen molar-refractivity contribution in [2.45, 2.75) is 69.0 Å². The number of fused-ring (bicyclic) bond motifs is 1. The largest absolute Gasteiger partial charge is 0.341 e. The van der Waals surface area contributed by atoms with E-state index in [4.69, 9.17) is 18.5 Å². The Morgan fingerprint density at radius 1 is 0.434 bits per heavy atom. The molecule has 0 N–H and O–H groups in total. The van der Waals surface area contributed by atoms with Crippen LogP contribution in [0.3, 0.4) is 0 Å². The molecule has 0 aromatic heterocycles. The standard InChI is InChI=1S/C47H46NO4P/c1-35(37-23-11-5-12-24-37)48(36(2)38-25-13-6-14-26-38)53-51-46(39-27-15-7-16-28-39,40-29-17-8-18-30-40)43-44(50-45(3,4)49-43)47(52-53,41-31-19-9-20-32-41)42-33-21-10-22-34-42/h5-36,43-44H,1-4H3/t35-,36-,43-,44-/m1/s1. The van der Waals surface area contributed by atoms with E-state index in [1.54, 1.807) is 0 Å². The van der Waals surface area contributed by atoms with Crippen LogP contribution in [0.25, 0.3) is 0 Å². The molecule has 268 valence electrons. The van der Waals surface area contributed by atoms with Crippen LogP contribution in [0.5, 0.6) is 0 Å². The second-order valence-electron chi connectivity index (χ2n) is 14.4. The summed E-state index contributed by atoms with van der Waals surface area (Å²) in [5.74, 6) is -0.958. The van der Waals surface area contributed by atoms with E-state index in [2.05, 4.69) is 176 Å². The van der Waals surface area contributed by atoms with Crippen molar-refractivity contribution < 1.29 is 18.5 Å². The maximum absolute atomic E-state index is 7.99. The number of rotatable bonds is 9. The van der Waals surface area contributed by atoms with E-state index < -0.39 is 37.7 Å². The normalized spacial score (nSPS) is 21.7. The van der Waals surface area contributed by atoms with Gasteiger partial charge >= 0.3 is 0 Å². The average molecular weight is 720 g/mol. The first-order valence-corrected chi connectivity index (χ1v) is 19.6. The Morgan fingerprint density at radius 3 is 0.981 bits per heavy atom. The molecule has 4 atom stereocenters. The van der Waals surface area contributed by atoms with Crippen LogP contribution in [-0.2, 0) is 29.7 Å². The molecule has 6 heteroatoms. The van der Waals surface area contributed by atoms with Crippen LogP contribution in [-0.4, -0.2) is 22.7 Å². The Hall–Kier alpha value is -4.45. The number of ether oxygens (including phenoxy) is 2. The van der Waals surface area contributed by atoms with Crippen LogP contribution in [0.15, 0.2) is 182 Å². The molecule has 2 aliphatic rings. The van der Waals surface area contributed by atoms with E-state index in [1.165, 1.54) is 0 Å². The Morgan fingerprint density at radius 2 is 0.698 bits per heavy atom. The van der Waals surface area contributed by atoms with Gasteiger partial charge in [0.15, 0.2) is 17.0 Å². The zero-order valence-corrected chi connectivity index (χ0v) is 31.6. The summed E-state index contributed by atoms with van der Waals surface area (Å²) in [6, 6.07) is 63.1. The van der Waals surface area contributed by atoms with Gasteiger partial charge in [-0.25, -0.2) is 4.67 Å². The van der Waals surface area contributed by atoms with Crippen molar-refractivity contribution in [3.63, 3.8) is 0 Å². The molecule has 2 aliphatic heterocycles. The number of benzene rings is 6. The van der Waals surface area contributed by atoms with Crippen molar-refractivity contribution in [2.24, 2.45) is 0 Å². The molecule has 0 bridgehead atoms. The van der Waals surface area contributed by atoms with Crippen molar-refractivity contribution >= 4 is 8.53 Å². The molecule has 8 rings (SSSR count). The highest BCUT2D eigenvalue weighted by molar-refractivity contribution is 7.44. The number of nitrogens with zero attached hydrogens (tertiary/aromatic N) is 1. The Kier molecular flexibility index (Phi) is 9.91. The molecular weight excluding hydrogens is 673 g/mol. The van der Waals surface area contributed by atoms with Crippen LogP contribution in [0, 0.1) is 0 Å². The van der Waals surface area contributed by atoms with Gasteiger partial charge in [-0.3, -0.25) is 0 Å². The Bertz CT molecular complexity index is 1840. The van der Waals surface area contributed by atoms with Gasteiger partial charge < -0.3 is 18.5 Å². The molecule has 5 nitrogen and oxygen atoms in total. The van der Waals surface area contributed by atoms with E-state index in [9.17, 15) is 0 Å². The molecule has 0 spiro atoms. The minimum atomic E-state index is -1.94. The van der Waals surface area contributed by atoms with Gasteiger partial charge in [0.2, 0.25) is 0 Å². The summed E-state index contributed by atoms with van der Waals surface area (Å²) in [5, 5.41) is 0. The molecule has 0 unspecified atom stereocenters. The second-order valence-corrected chi connectivity index (χ2v) is 15.7. The lowest BCUT2D eigenvalue weighted by Crippen LogP contribution is -2.53. The number of hydrogen-bond donors (Lipinski definition) is 0. The van der Waals surface area contributed by atoms with Crippen LogP contribution >= 0.6 is 8.53 Å². The van der Waals surface area contributed by atoms with Crippen LogP contribution in [0.1, 0.15) is 73.2 Å². The van der Waals surface area contributed by atoms with Crippen LogP contribution < -0.4 is 0 Å². The maximum Gasteiger partial charge on any atom is 0.262 e. The molecule has 6 aromatic rings. The molecule has 2 saturated heterocycles. The fraction of sp³-hybridized carbons (Fsp3) is 0.234. The van der Waals surface area contributed by atoms with Gasteiger partial charge in [0.1, 0.15) is 12.2 Å². The first-order chi connectivity index (χ1) is 25.8. The van der Waals surface area contributed by atoms with Gasteiger partial charge in [-0.15, -0.1) is 0 Å². The fourth-order valence-electron chi connectivity index (χ4n) is 8.15. The Labute approximate surface area is 315 Å². The van der Waals surface area contributed by atoms with Gasteiger partial charge in [-0.1, -0.05) is 182 Å². The topological polar surface area (TPSA) is 40.2 Å². The molecule has 0 saturated carbocycles. The van der Waals surface area contributed by atoms with Gasteiger partial charge in [0.05, 0.1) is 0 Å². The fourth-order valence-corrected chi connectivity index (χ4v) is 10.3. The van der Waals surface area contributed by atoms with Crippen molar-refractivity contribution in [1.29, 1.82) is 0 Å². The molecule has 0 aliphatic carbocycles. The summed E-state index contributed by atoms with van der Waals surface area (Å²) in [4.78, 5) is 0. The first-order valence-electron chi connectivity index (χ1n) is 18.5. The summed E-state index contributed by atoms with van der Waals surface area (Å²) in [6.07, 6.45) is -1.28. The lowest BCUT2D eigenvalue weighted by atomic mass is 9.72. The minimum absolute atomic E-state index is 0.109. The van der Waals surface area contributed by atoms with Gasteiger partial charge in [-0.05, 0) is 61.1 Å². The second kappa shape index (κ2) is 14.8. The van der Waals surface area contributed by atoms with Gasteiger partial charge in [0, 0.05) is 12.1 Å². The molecule has 53 heavy (non-hydrogen) atoms. The lowest BCUT2D eigenvalue weighted by Gasteiger charge is -2.45. The average Bonchev–Trinajstić information content (AvgIpc) is 3.50. The summed E-state index contributed by atoms with van der Waals surface area (Å²) < 4.78 is 32.9. The van der Waals surface area contributed by atoms with E-state index in [0.717, 1.165) is 33.4 Å². The molecule has 6 aromatic carbocycles. The smallest absolute Gasteiger partial charge is 0.262 e. The third-order valence-electron chi connectivity index (χ3n) is 10.7. The summed E-state index contributed by atoms with van der Waals surface area (Å²) in [6.45, 7) is 8.50. The van der Waals surface area contributed by atoms with E-state index in [1.807, 2.05) is 38.1 Å². The zero-order chi connectivity index (χ0) is 36.5. The summed E-state index contributed by atoms with van der Waals surface area (Å²) in [7, 11) is -1.94. The van der Waals surface area contributed by atoms with Crippen molar-refractivity contribution in [1.82, 2.24) is 4.67 Å². The molecule has 0 radical (unpaired) electrons. The predicted molar refractivity (Wildman–Crippen MR) is 212 cm³/mol. The Balaban J connectivity index is 1.47. The summed E-state index contributed by atoms with van der Waals surface area (Å²) >= 11 is 0. The molecule has 2 heterocycles. The quantitative estimate of drug-likeness (QED) is 0.139. The van der Waals surface area contributed by atoms with Crippen molar-refractivity contribution in [3.05, 3.63) is 215 Å². The molecule has 0 amide bonds. The zero-order valence-electron chi connectivity index (χ0n) is 30.7. The highest BCUT2D eigenvalue weighted by Crippen LogP contribution is 2.68. The molecule has 2 fully saturated rings. The maximum atomic E-state index is 7.99. The van der Waals surface area contributed by atoms with Gasteiger partial charge in [0.25, 0.3) is 8.53 Å². The van der Waals surface area contributed by atoms with Crippen LogP contribution in [0.2, 0.25) is 0 Å². The highest BCUT2D eigenvalue weighted by atomic mass is 31.2. The monoisotopic (exact) mass is 719 g/mol. The van der Waals surface area contributed by atoms with Crippen LogP contribution in [0.4, 0.5) is 0 Å². The third kappa shape index (κ3) is 6.46. The summed E-state index contributed by atoms with van der Waals surface area (Å²) in [5.41, 5.74) is 3.90. The van der Waals surface area contributed by atoms with E-state index >= 15 is 0 Å². The minimum Gasteiger partial charge on any atom is -0.341 e. The lowest BCUT2D eigenvalue weighted by molar-refractivity contribution is -0.175. The number of hydrogen-bond acceptors (Lipinski definition) is 5.